The Morgan fingerprint density at radius 1 is 1.11 bits per heavy atom. The first kappa shape index (κ1) is 26.0. The molecule has 2 atom stereocenters. The van der Waals surface area contributed by atoms with Crippen LogP contribution in [0.25, 0.3) is 10.8 Å². The quantitative estimate of drug-likeness (QED) is 0.421. The summed E-state index contributed by atoms with van der Waals surface area (Å²) < 4.78 is 5.54. The minimum absolute atomic E-state index is 0.0483. The summed E-state index contributed by atoms with van der Waals surface area (Å²) in [7, 11) is 1.71. The number of rotatable bonds is 9. The van der Waals surface area contributed by atoms with Gasteiger partial charge in [-0.1, -0.05) is 19.9 Å². The summed E-state index contributed by atoms with van der Waals surface area (Å²) in [6, 6.07) is 8.57. The molecular weight excluding hydrogens is 484 g/mol. The molecule has 2 fully saturated rings. The Bertz CT molecular complexity index is 1220. The van der Waals surface area contributed by atoms with Gasteiger partial charge in [0.2, 0.25) is 5.95 Å². The van der Waals surface area contributed by atoms with Gasteiger partial charge in [0.25, 0.3) is 0 Å². The number of ether oxygens (including phenoxy) is 1. The molecule has 0 aliphatic carbocycles. The van der Waals surface area contributed by atoms with Crippen molar-refractivity contribution in [3.8, 4) is 0 Å². The summed E-state index contributed by atoms with van der Waals surface area (Å²) in [5.41, 5.74) is 2.60. The fourth-order valence-electron chi connectivity index (χ4n) is 5.58. The molecule has 1 unspecified atom stereocenters. The fraction of sp³-hybridized carbons (Fsp3) is 0.536. The third-order valence-corrected chi connectivity index (χ3v) is 8.42. The SMILES string of the molecule is CO[C@@H]1CCN(c2nccc(Nc3cc4c(C(C)C)ccc(N5CC(CSC)C5)c4cn3)n2)CC1CO. The topological polar surface area (TPSA) is 86.6 Å². The van der Waals surface area contributed by atoms with Crippen LogP contribution >= 0.6 is 11.8 Å². The fourth-order valence-corrected chi connectivity index (χ4v) is 6.26. The van der Waals surface area contributed by atoms with Crippen molar-refractivity contribution in [1.82, 2.24) is 15.0 Å². The molecule has 0 radical (unpaired) electrons. The lowest BCUT2D eigenvalue weighted by Crippen LogP contribution is -2.48. The molecule has 0 spiro atoms. The van der Waals surface area contributed by atoms with E-state index in [2.05, 4.69) is 58.4 Å². The van der Waals surface area contributed by atoms with Crippen LogP contribution in [-0.4, -0.2) is 78.1 Å². The minimum atomic E-state index is 0.0483. The molecule has 5 rings (SSSR count). The maximum absolute atomic E-state index is 9.79. The summed E-state index contributed by atoms with van der Waals surface area (Å²) >= 11 is 1.93. The third-order valence-electron chi connectivity index (χ3n) is 7.62. The van der Waals surface area contributed by atoms with Crippen LogP contribution in [-0.2, 0) is 4.74 Å². The zero-order valence-corrected chi connectivity index (χ0v) is 23.0. The summed E-state index contributed by atoms with van der Waals surface area (Å²) in [4.78, 5) is 18.7. The van der Waals surface area contributed by atoms with Crippen molar-refractivity contribution in [2.75, 3.05) is 67.0 Å². The van der Waals surface area contributed by atoms with Gasteiger partial charge in [0.05, 0.1) is 12.7 Å². The van der Waals surface area contributed by atoms with Crippen LogP contribution in [0.2, 0.25) is 0 Å². The number of pyridine rings is 1. The normalized spacial score (nSPS) is 20.5. The number of hydrogen-bond donors (Lipinski definition) is 2. The van der Waals surface area contributed by atoms with Crippen LogP contribution in [0.5, 0.6) is 0 Å². The van der Waals surface area contributed by atoms with Gasteiger partial charge in [0.15, 0.2) is 0 Å². The summed E-state index contributed by atoms with van der Waals surface area (Å²) in [5, 5.41) is 15.6. The van der Waals surface area contributed by atoms with Crippen molar-refractivity contribution in [3.63, 3.8) is 0 Å². The molecule has 0 bridgehead atoms. The highest BCUT2D eigenvalue weighted by Crippen LogP contribution is 2.37. The number of nitrogens with zero attached hydrogens (tertiary/aromatic N) is 5. The number of aliphatic hydroxyl groups is 1. The average molecular weight is 523 g/mol. The highest BCUT2D eigenvalue weighted by Gasteiger charge is 2.30. The first-order valence-corrected chi connectivity index (χ1v) is 14.5. The number of benzene rings is 1. The van der Waals surface area contributed by atoms with E-state index in [-0.39, 0.29) is 18.6 Å². The molecule has 8 nitrogen and oxygen atoms in total. The van der Waals surface area contributed by atoms with Gasteiger partial charge < -0.3 is 25.0 Å². The van der Waals surface area contributed by atoms with Gasteiger partial charge in [-0.2, -0.15) is 16.7 Å². The predicted octanol–water partition coefficient (Wildman–Crippen LogP) is 4.52. The van der Waals surface area contributed by atoms with Crippen LogP contribution in [0.15, 0.2) is 36.7 Å². The minimum Gasteiger partial charge on any atom is -0.396 e. The molecule has 2 aromatic heterocycles. The van der Waals surface area contributed by atoms with E-state index in [9.17, 15) is 5.11 Å². The number of nitrogens with one attached hydrogen (secondary N) is 1. The molecule has 3 aromatic rings. The molecule has 2 aliphatic rings. The maximum atomic E-state index is 9.79. The number of methoxy groups -OCH3 is 1. The second-order valence-electron chi connectivity index (χ2n) is 10.5. The average Bonchev–Trinajstić information content (AvgIpc) is 2.89. The summed E-state index contributed by atoms with van der Waals surface area (Å²) in [6.45, 7) is 8.25. The van der Waals surface area contributed by atoms with Crippen molar-refractivity contribution in [2.24, 2.45) is 11.8 Å². The first-order chi connectivity index (χ1) is 18.0. The lowest BCUT2D eigenvalue weighted by Gasteiger charge is -2.41. The van der Waals surface area contributed by atoms with Gasteiger partial charge in [-0.3, -0.25) is 0 Å². The molecule has 1 aromatic carbocycles. The Morgan fingerprint density at radius 3 is 2.68 bits per heavy atom. The second-order valence-corrected chi connectivity index (χ2v) is 11.4. The molecular formula is C28H38N6O2S. The lowest BCUT2D eigenvalue weighted by molar-refractivity contribution is 0.0137. The van der Waals surface area contributed by atoms with E-state index in [4.69, 9.17) is 14.7 Å². The number of hydrogen-bond acceptors (Lipinski definition) is 9. The number of anilines is 4. The Morgan fingerprint density at radius 2 is 1.95 bits per heavy atom. The highest BCUT2D eigenvalue weighted by molar-refractivity contribution is 7.98. The van der Waals surface area contributed by atoms with Crippen molar-refractivity contribution >= 4 is 45.8 Å². The van der Waals surface area contributed by atoms with E-state index in [1.165, 1.54) is 27.8 Å². The van der Waals surface area contributed by atoms with Gasteiger partial charge in [-0.05, 0) is 53.5 Å². The molecule has 198 valence electrons. The van der Waals surface area contributed by atoms with Crippen molar-refractivity contribution in [3.05, 3.63) is 42.2 Å². The Balaban J connectivity index is 1.38. The van der Waals surface area contributed by atoms with Gasteiger partial charge in [0.1, 0.15) is 11.6 Å². The predicted molar refractivity (Wildman–Crippen MR) is 153 cm³/mol. The smallest absolute Gasteiger partial charge is 0.227 e. The van der Waals surface area contributed by atoms with Crippen molar-refractivity contribution in [1.29, 1.82) is 0 Å². The van der Waals surface area contributed by atoms with Crippen LogP contribution in [0, 0.1) is 11.8 Å². The van der Waals surface area contributed by atoms with Crippen molar-refractivity contribution in [2.45, 2.75) is 32.3 Å². The van der Waals surface area contributed by atoms with Gasteiger partial charge in [-0.25, -0.2) is 9.97 Å². The van der Waals surface area contributed by atoms with E-state index < -0.39 is 0 Å². The van der Waals surface area contributed by atoms with E-state index in [0.717, 1.165) is 37.8 Å². The molecule has 9 heteroatoms. The molecule has 0 saturated carbocycles. The molecule has 2 aliphatic heterocycles. The van der Waals surface area contributed by atoms with Crippen LogP contribution in [0.3, 0.4) is 0 Å². The highest BCUT2D eigenvalue weighted by atomic mass is 32.2. The van der Waals surface area contributed by atoms with Crippen molar-refractivity contribution < 1.29 is 9.84 Å². The van der Waals surface area contributed by atoms with Crippen LogP contribution in [0.4, 0.5) is 23.3 Å². The van der Waals surface area contributed by atoms with Gasteiger partial charge in [0, 0.05) is 68.6 Å². The number of aromatic nitrogens is 3. The van der Waals surface area contributed by atoms with Gasteiger partial charge >= 0.3 is 0 Å². The molecule has 2 saturated heterocycles. The molecule has 0 amide bonds. The number of thioether (sulfide) groups is 1. The maximum Gasteiger partial charge on any atom is 0.227 e. The summed E-state index contributed by atoms with van der Waals surface area (Å²) in [5.74, 6) is 4.57. The lowest BCUT2D eigenvalue weighted by atomic mass is 9.93. The third kappa shape index (κ3) is 5.49. The number of aliphatic hydroxyl groups excluding tert-OH is 1. The number of fused-ring (bicyclic) bond motifs is 1. The first-order valence-electron chi connectivity index (χ1n) is 13.2. The molecule has 2 N–H and O–H groups in total. The van der Waals surface area contributed by atoms with Crippen LogP contribution < -0.4 is 15.1 Å². The zero-order valence-electron chi connectivity index (χ0n) is 22.2. The van der Waals surface area contributed by atoms with Crippen LogP contribution in [0.1, 0.15) is 31.7 Å². The largest absolute Gasteiger partial charge is 0.396 e. The van der Waals surface area contributed by atoms with E-state index in [1.54, 1.807) is 13.3 Å². The standard InChI is InChI=1S/C28H38N6O2S/c1-18(2)21-5-6-24(34-13-19(14-34)17-37-4)23-12-30-27(11-22(21)23)31-26-7-9-29-28(32-26)33-10-8-25(36-3)20(15-33)16-35/h5-7,9,11-12,18-20,25,35H,8,10,13-17H2,1-4H3,(H,29,30,31,32)/t20?,25-/m1/s1. The number of piperidine rings is 1. The zero-order chi connectivity index (χ0) is 25.9. The van der Waals surface area contributed by atoms with E-state index >= 15 is 0 Å². The Kier molecular flexibility index (Phi) is 8.02. The molecule has 37 heavy (non-hydrogen) atoms. The van der Waals surface area contributed by atoms with E-state index in [0.29, 0.717) is 24.2 Å². The van der Waals surface area contributed by atoms with E-state index in [1.807, 2.05) is 24.0 Å². The Hall–Kier alpha value is -2.62. The monoisotopic (exact) mass is 522 g/mol. The van der Waals surface area contributed by atoms with Gasteiger partial charge in [-0.15, -0.1) is 0 Å². The summed E-state index contributed by atoms with van der Waals surface area (Å²) in [6.07, 6.45) is 6.87. The Labute approximate surface area is 223 Å². The molecule has 4 heterocycles. The second kappa shape index (κ2) is 11.4.